The Balaban J connectivity index is 2.88. The number of hydrogen-bond donors (Lipinski definition) is 2. The third kappa shape index (κ3) is 3.45. The Morgan fingerprint density at radius 2 is 2.24 bits per heavy atom. The van der Waals surface area contributed by atoms with Crippen molar-refractivity contribution in [3.05, 3.63) is 23.4 Å². The van der Waals surface area contributed by atoms with Gasteiger partial charge in [-0.2, -0.15) is 0 Å². The van der Waals surface area contributed by atoms with Gasteiger partial charge in [-0.3, -0.25) is 10.2 Å². The Morgan fingerprint density at radius 3 is 2.76 bits per heavy atom. The predicted octanol–water partition coefficient (Wildman–Crippen LogP) is 0.854. The zero-order valence-corrected chi connectivity index (χ0v) is 11.0. The van der Waals surface area contributed by atoms with Gasteiger partial charge in [0, 0.05) is 20.3 Å². The molecule has 1 aromatic heterocycles. The van der Waals surface area contributed by atoms with Crippen LogP contribution in [0.5, 0.6) is 0 Å². The van der Waals surface area contributed by atoms with Gasteiger partial charge in [0.15, 0.2) is 0 Å². The standard InChI is InChI=1S/C11H16N4OS/c1-7-4-5-14-11(9(7)10(12)13)17-6-8(16)15(2)3/h4-5H,6H2,1-3H3,(H3,12,13). The average molecular weight is 252 g/mol. The number of carbonyl (C=O) groups excluding carboxylic acids is 1. The molecule has 6 heteroatoms. The fourth-order valence-electron chi connectivity index (χ4n) is 1.23. The van der Waals surface area contributed by atoms with Crippen LogP contribution in [0.25, 0.3) is 0 Å². The molecule has 0 aliphatic rings. The first kappa shape index (κ1) is 13.5. The molecule has 0 saturated heterocycles. The van der Waals surface area contributed by atoms with Crippen molar-refractivity contribution >= 4 is 23.5 Å². The molecule has 3 N–H and O–H groups in total. The van der Waals surface area contributed by atoms with E-state index in [9.17, 15) is 4.79 Å². The van der Waals surface area contributed by atoms with Gasteiger partial charge in [0.05, 0.1) is 11.3 Å². The van der Waals surface area contributed by atoms with Crippen molar-refractivity contribution in [3.8, 4) is 0 Å². The summed E-state index contributed by atoms with van der Waals surface area (Å²) in [6.45, 7) is 1.87. The summed E-state index contributed by atoms with van der Waals surface area (Å²) < 4.78 is 0. The van der Waals surface area contributed by atoms with Gasteiger partial charge in [-0.15, -0.1) is 0 Å². The largest absolute Gasteiger partial charge is 0.384 e. The van der Waals surface area contributed by atoms with E-state index in [4.69, 9.17) is 11.1 Å². The number of pyridine rings is 1. The van der Waals surface area contributed by atoms with Crippen LogP contribution in [0.15, 0.2) is 17.3 Å². The highest BCUT2D eigenvalue weighted by molar-refractivity contribution is 8.00. The van der Waals surface area contributed by atoms with Crippen LogP contribution in [-0.4, -0.2) is 41.5 Å². The van der Waals surface area contributed by atoms with Crippen molar-refractivity contribution in [1.29, 1.82) is 5.41 Å². The van der Waals surface area contributed by atoms with Crippen LogP contribution in [-0.2, 0) is 4.79 Å². The van der Waals surface area contributed by atoms with Gasteiger partial charge in [0.2, 0.25) is 5.91 Å². The van der Waals surface area contributed by atoms with Gasteiger partial charge in [-0.25, -0.2) is 4.98 Å². The normalized spacial score (nSPS) is 10.1. The first-order valence-corrected chi connectivity index (χ1v) is 6.05. The highest BCUT2D eigenvalue weighted by atomic mass is 32.2. The fourth-order valence-corrected chi connectivity index (χ4v) is 2.30. The highest BCUT2D eigenvalue weighted by Gasteiger charge is 2.13. The number of carbonyl (C=O) groups is 1. The second-order valence-electron chi connectivity index (χ2n) is 3.80. The molecule has 0 unspecified atom stereocenters. The molecule has 0 radical (unpaired) electrons. The number of hydrogen-bond acceptors (Lipinski definition) is 4. The number of amides is 1. The van der Waals surface area contributed by atoms with E-state index in [1.165, 1.54) is 16.7 Å². The number of nitrogens with zero attached hydrogens (tertiary/aromatic N) is 2. The second kappa shape index (κ2) is 5.67. The molecule has 1 amide bonds. The summed E-state index contributed by atoms with van der Waals surface area (Å²) in [5.41, 5.74) is 7.03. The molecule has 0 spiro atoms. The minimum absolute atomic E-state index is 0.00723. The quantitative estimate of drug-likeness (QED) is 0.473. The molecule has 0 aromatic carbocycles. The van der Waals surface area contributed by atoms with Crippen LogP contribution in [0.4, 0.5) is 0 Å². The molecular formula is C11H16N4OS. The van der Waals surface area contributed by atoms with Crippen molar-refractivity contribution in [1.82, 2.24) is 9.88 Å². The number of nitrogens with one attached hydrogen (secondary N) is 1. The summed E-state index contributed by atoms with van der Waals surface area (Å²) in [4.78, 5) is 17.2. The monoisotopic (exact) mass is 252 g/mol. The average Bonchev–Trinajstić information content (AvgIpc) is 2.24. The van der Waals surface area contributed by atoms with E-state index in [1.807, 2.05) is 6.92 Å². The number of nitrogen functional groups attached to an aromatic ring is 1. The molecule has 0 bridgehead atoms. The molecule has 0 saturated carbocycles. The number of thioether (sulfide) groups is 1. The van der Waals surface area contributed by atoms with E-state index in [2.05, 4.69) is 4.98 Å². The minimum atomic E-state index is -0.0181. The third-order valence-electron chi connectivity index (χ3n) is 2.23. The summed E-state index contributed by atoms with van der Waals surface area (Å²) >= 11 is 1.30. The van der Waals surface area contributed by atoms with Crippen molar-refractivity contribution < 1.29 is 4.79 Å². The Morgan fingerprint density at radius 1 is 1.59 bits per heavy atom. The topological polar surface area (TPSA) is 83.1 Å². The lowest BCUT2D eigenvalue weighted by atomic mass is 10.1. The van der Waals surface area contributed by atoms with Crippen LogP contribution >= 0.6 is 11.8 Å². The molecule has 0 fully saturated rings. The Bertz CT molecular complexity index is 445. The van der Waals surface area contributed by atoms with E-state index in [0.29, 0.717) is 16.3 Å². The maximum atomic E-state index is 11.5. The van der Waals surface area contributed by atoms with Crippen LogP contribution in [0.1, 0.15) is 11.1 Å². The zero-order valence-electron chi connectivity index (χ0n) is 10.2. The summed E-state index contributed by atoms with van der Waals surface area (Å²) in [5.74, 6) is 0.284. The molecule has 1 heterocycles. The number of aromatic nitrogens is 1. The summed E-state index contributed by atoms with van der Waals surface area (Å²) in [5, 5.41) is 8.15. The molecule has 0 aliphatic carbocycles. The molecule has 5 nitrogen and oxygen atoms in total. The van der Waals surface area contributed by atoms with Gasteiger partial charge >= 0.3 is 0 Å². The number of amidine groups is 1. The van der Waals surface area contributed by atoms with E-state index >= 15 is 0 Å². The maximum absolute atomic E-state index is 11.5. The van der Waals surface area contributed by atoms with E-state index < -0.39 is 0 Å². The lowest BCUT2D eigenvalue weighted by Gasteiger charge is -2.12. The summed E-state index contributed by atoms with van der Waals surface area (Å²) in [6.07, 6.45) is 1.66. The summed E-state index contributed by atoms with van der Waals surface area (Å²) in [7, 11) is 3.41. The van der Waals surface area contributed by atoms with Gasteiger partial charge in [-0.1, -0.05) is 11.8 Å². The van der Waals surface area contributed by atoms with E-state index in [-0.39, 0.29) is 11.7 Å². The van der Waals surface area contributed by atoms with Crippen molar-refractivity contribution in [3.63, 3.8) is 0 Å². The first-order valence-electron chi connectivity index (χ1n) is 5.06. The van der Waals surface area contributed by atoms with Gasteiger partial charge in [0.1, 0.15) is 10.9 Å². The Kier molecular flexibility index (Phi) is 4.51. The minimum Gasteiger partial charge on any atom is -0.384 e. The lowest BCUT2D eigenvalue weighted by molar-refractivity contribution is -0.125. The first-order chi connectivity index (χ1) is 7.93. The van der Waals surface area contributed by atoms with Crippen LogP contribution < -0.4 is 5.73 Å². The van der Waals surface area contributed by atoms with Crippen LogP contribution in [0.3, 0.4) is 0 Å². The molecule has 0 atom stereocenters. The zero-order chi connectivity index (χ0) is 13.0. The van der Waals surface area contributed by atoms with Gasteiger partial charge in [-0.05, 0) is 18.6 Å². The summed E-state index contributed by atoms with van der Waals surface area (Å²) in [6, 6.07) is 1.80. The predicted molar refractivity (Wildman–Crippen MR) is 69.4 cm³/mol. The molecule has 0 aliphatic heterocycles. The number of nitrogens with two attached hydrogens (primary N) is 1. The van der Waals surface area contributed by atoms with Crippen molar-refractivity contribution in [2.45, 2.75) is 11.9 Å². The Hall–Kier alpha value is -1.56. The van der Waals surface area contributed by atoms with Gasteiger partial charge < -0.3 is 10.6 Å². The molecule has 17 heavy (non-hydrogen) atoms. The molecule has 1 aromatic rings. The maximum Gasteiger partial charge on any atom is 0.232 e. The van der Waals surface area contributed by atoms with Crippen LogP contribution in [0, 0.1) is 12.3 Å². The molecule has 92 valence electrons. The fraction of sp³-hybridized carbons (Fsp3) is 0.364. The van der Waals surface area contributed by atoms with Gasteiger partial charge in [0.25, 0.3) is 0 Å². The lowest BCUT2D eigenvalue weighted by Crippen LogP contribution is -2.24. The Labute approximate surface area is 105 Å². The third-order valence-corrected chi connectivity index (χ3v) is 3.20. The number of aryl methyl sites for hydroxylation is 1. The second-order valence-corrected chi connectivity index (χ2v) is 4.76. The number of rotatable bonds is 4. The van der Waals surface area contributed by atoms with Crippen molar-refractivity contribution in [2.24, 2.45) is 5.73 Å². The molecule has 1 rings (SSSR count). The van der Waals surface area contributed by atoms with E-state index in [0.717, 1.165) is 5.56 Å². The SMILES string of the molecule is Cc1ccnc(SCC(=O)N(C)C)c1C(=N)N. The smallest absolute Gasteiger partial charge is 0.232 e. The van der Waals surface area contributed by atoms with Crippen molar-refractivity contribution in [2.75, 3.05) is 19.8 Å². The van der Waals surface area contributed by atoms with E-state index in [1.54, 1.807) is 26.4 Å². The highest BCUT2D eigenvalue weighted by Crippen LogP contribution is 2.22. The molecular weight excluding hydrogens is 236 g/mol. The van der Waals surface area contributed by atoms with Crippen LogP contribution in [0.2, 0.25) is 0 Å².